The van der Waals surface area contributed by atoms with Gasteiger partial charge in [0.25, 0.3) is 0 Å². The number of rotatable bonds is 0. The Bertz CT molecular complexity index is 440. The van der Waals surface area contributed by atoms with Crippen LogP contribution in [0.25, 0.3) is 0 Å². The molecule has 15 heavy (non-hydrogen) atoms. The molecule has 4 heteroatoms. The first-order chi connectivity index (χ1) is 7.21. The average molecular weight is 268 g/mol. The summed E-state index contributed by atoms with van der Waals surface area (Å²) >= 11 is 3.42. The second-order valence-corrected chi connectivity index (χ2v) is 4.99. The van der Waals surface area contributed by atoms with Crippen LogP contribution >= 0.6 is 15.9 Å². The van der Waals surface area contributed by atoms with E-state index in [4.69, 9.17) is 4.74 Å². The maximum Gasteiger partial charge on any atom is 0.234 e. The van der Waals surface area contributed by atoms with Gasteiger partial charge in [0, 0.05) is 0 Å². The molecule has 1 spiro atoms. The van der Waals surface area contributed by atoms with Crippen LogP contribution in [0.4, 0.5) is 5.69 Å². The number of fused-ring (bicyclic) bond motifs is 1. The second-order valence-electron chi connectivity index (χ2n) is 4.14. The fourth-order valence-corrected chi connectivity index (χ4v) is 2.29. The molecule has 3 nitrogen and oxygen atoms in total. The van der Waals surface area contributed by atoms with Crippen molar-refractivity contribution in [2.75, 3.05) is 11.9 Å². The first-order valence-electron chi connectivity index (χ1n) is 4.94. The predicted octanol–water partition coefficient (Wildman–Crippen LogP) is 2.56. The van der Waals surface area contributed by atoms with Gasteiger partial charge in [-0.25, -0.2) is 0 Å². The average Bonchev–Trinajstić information content (AvgIpc) is 2.98. The van der Waals surface area contributed by atoms with Gasteiger partial charge < -0.3 is 10.1 Å². The molecule has 1 aromatic carbocycles. The summed E-state index contributed by atoms with van der Waals surface area (Å²) in [6.07, 6.45) is 1.87. The number of ether oxygens (including phenoxy) is 1. The van der Waals surface area contributed by atoms with Crippen molar-refractivity contribution >= 4 is 27.5 Å². The lowest BCUT2D eigenvalue weighted by molar-refractivity contribution is -0.121. The lowest BCUT2D eigenvalue weighted by Crippen LogP contribution is -2.26. The van der Waals surface area contributed by atoms with E-state index in [1.54, 1.807) is 0 Å². The zero-order chi connectivity index (χ0) is 10.5. The van der Waals surface area contributed by atoms with E-state index < -0.39 is 0 Å². The second kappa shape index (κ2) is 2.98. The van der Waals surface area contributed by atoms with Crippen molar-refractivity contribution in [1.82, 2.24) is 0 Å². The van der Waals surface area contributed by atoms with Crippen LogP contribution in [0.15, 0.2) is 22.7 Å². The number of halogens is 1. The van der Waals surface area contributed by atoms with E-state index in [9.17, 15) is 4.79 Å². The molecule has 0 saturated heterocycles. The largest absolute Gasteiger partial charge is 0.489 e. The number of para-hydroxylation sites is 1. The summed E-state index contributed by atoms with van der Waals surface area (Å²) in [6, 6.07) is 5.66. The van der Waals surface area contributed by atoms with E-state index >= 15 is 0 Å². The Labute approximate surface area is 95.9 Å². The molecule has 1 N–H and O–H groups in total. The fourth-order valence-electron chi connectivity index (χ4n) is 1.81. The highest BCUT2D eigenvalue weighted by Crippen LogP contribution is 2.50. The lowest BCUT2D eigenvalue weighted by Gasteiger charge is -2.09. The van der Waals surface area contributed by atoms with Crippen LogP contribution < -0.4 is 10.1 Å². The van der Waals surface area contributed by atoms with E-state index in [1.807, 2.05) is 18.2 Å². The monoisotopic (exact) mass is 267 g/mol. The smallest absolute Gasteiger partial charge is 0.234 e. The number of hydrogen-bond acceptors (Lipinski definition) is 2. The van der Waals surface area contributed by atoms with Crippen LogP contribution in [0.5, 0.6) is 5.75 Å². The standard InChI is InChI=1S/C11H10BrNO2/c12-7-2-1-3-8-9(7)15-6-11(4-5-11)10(14)13-8/h1-3H,4-6H2,(H,13,14). The maximum absolute atomic E-state index is 11.9. The Balaban J connectivity index is 2.04. The molecular weight excluding hydrogens is 258 g/mol. The number of benzene rings is 1. The number of nitrogens with one attached hydrogen (secondary N) is 1. The van der Waals surface area contributed by atoms with Gasteiger partial charge in [-0.3, -0.25) is 4.79 Å². The summed E-state index contributed by atoms with van der Waals surface area (Å²) in [5, 5.41) is 2.92. The van der Waals surface area contributed by atoms with Crippen molar-refractivity contribution in [3.05, 3.63) is 22.7 Å². The first-order valence-corrected chi connectivity index (χ1v) is 5.73. The SMILES string of the molecule is O=C1Nc2cccc(Br)c2OCC12CC2. The van der Waals surface area contributed by atoms with Gasteiger partial charge in [0.05, 0.1) is 15.6 Å². The number of anilines is 1. The summed E-state index contributed by atoms with van der Waals surface area (Å²) < 4.78 is 6.58. The molecule has 1 saturated carbocycles. The van der Waals surface area contributed by atoms with Crippen molar-refractivity contribution in [3.63, 3.8) is 0 Å². The normalized spacial score (nSPS) is 21.3. The number of carbonyl (C=O) groups excluding carboxylic acids is 1. The topological polar surface area (TPSA) is 38.3 Å². The van der Waals surface area contributed by atoms with E-state index in [1.165, 1.54) is 0 Å². The Morgan fingerprint density at radius 3 is 2.93 bits per heavy atom. The third-order valence-corrected chi connectivity index (χ3v) is 3.67. The molecule has 0 radical (unpaired) electrons. The highest BCUT2D eigenvalue weighted by atomic mass is 79.9. The Morgan fingerprint density at radius 2 is 2.20 bits per heavy atom. The quantitative estimate of drug-likeness (QED) is 0.785. The van der Waals surface area contributed by atoms with Crippen LogP contribution in [0.3, 0.4) is 0 Å². The molecule has 1 aromatic rings. The molecule has 0 atom stereocenters. The van der Waals surface area contributed by atoms with Crippen molar-refractivity contribution in [2.45, 2.75) is 12.8 Å². The van der Waals surface area contributed by atoms with E-state index in [-0.39, 0.29) is 11.3 Å². The van der Waals surface area contributed by atoms with Crippen molar-refractivity contribution < 1.29 is 9.53 Å². The van der Waals surface area contributed by atoms with Gasteiger partial charge in [-0.05, 0) is 40.9 Å². The third-order valence-electron chi connectivity index (χ3n) is 3.04. The summed E-state index contributed by atoms with van der Waals surface area (Å²) in [4.78, 5) is 11.9. The highest BCUT2D eigenvalue weighted by Gasteiger charge is 2.52. The minimum absolute atomic E-state index is 0.0966. The van der Waals surface area contributed by atoms with Crippen molar-refractivity contribution in [1.29, 1.82) is 0 Å². The van der Waals surface area contributed by atoms with Gasteiger partial charge in [0.1, 0.15) is 6.61 Å². The molecular formula is C11H10BrNO2. The number of carbonyl (C=O) groups is 1. The van der Waals surface area contributed by atoms with Crippen LogP contribution in [0.1, 0.15) is 12.8 Å². The van der Waals surface area contributed by atoms with Crippen molar-refractivity contribution in [2.24, 2.45) is 5.41 Å². The number of amides is 1. The molecule has 1 heterocycles. The number of hydrogen-bond donors (Lipinski definition) is 1. The highest BCUT2D eigenvalue weighted by molar-refractivity contribution is 9.10. The Hall–Kier alpha value is -1.03. The first kappa shape index (κ1) is 9.21. The molecule has 78 valence electrons. The predicted molar refractivity (Wildman–Crippen MR) is 59.9 cm³/mol. The summed E-state index contributed by atoms with van der Waals surface area (Å²) in [5.74, 6) is 0.842. The zero-order valence-electron chi connectivity index (χ0n) is 8.05. The van der Waals surface area contributed by atoms with Gasteiger partial charge in [-0.1, -0.05) is 6.07 Å². The fraction of sp³-hybridized carbons (Fsp3) is 0.364. The maximum atomic E-state index is 11.9. The van der Waals surface area contributed by atoms with Crippen LogP contribution in [0, 0.1) is 5.41 Å². The van der Waals surface area contributed by atoms with Gasteiger partial charge in [-0.2, -0.15) is 0 Å². The summed E-state index contributed by atoms with van der Waals surface area (Å²) in [5.41, 5.74) is 0.511. The Morgan fingerprint density at radius 1 is 1.40 bits per heavy atom. The van der Waals surface area contributed by atoms with Gasteiger partial charge in [0.2, 0.25) is 5.91 Å². The minimum atomic E-state index is -0.252. The zero-order valence-corrected chi connectivity index (χ0v) is 9.63. The summed E-state index contributed by atoms with van der Waals surface area (Å²) in [7, 11) is 0. The molecule has 1 aliphatic carbocycles. The van der Waals surface area contributed by atoms with E-state index in [0.29, 0.717) is 6.61 Å². The molecule has 0 unspecified atom stereocenters. The molecule has 3 rings (SSSR count). The van der Waals surface area contributed by atoms with E-state index in [0.717, 1.165) is 28.8 Å². The molecule has 2 aliphatic rings. The van der Waals surface area contributed by atoms with Gasteiger partial charge in [-0.15, -0.1) is 0 Å². The minimum Gasteiger partial charge on any atom is -0.489 e. The van der Waals surface area contributed by atoms with Gasteiger partial charge >= 0.3 is 0 Å². The van der Waals surface area contributed by atoms with Crippen LogP contribution in [-0.2, 0) is 4.79 Å². The van der Waals surface area contributed by atoms with Crippen molar-refractivity contribution in [3.8, 4) is 5.75 Å². The van der Waals surface area contributed by atoms with Crippen LogP contribution in [0.2, 0.25) is 0 Å². The molecule has 0 bridgehead atoms. The summed E-state index contributed by atoms with van der Waals surface area (Å²) in [6.45, 7) is 0.494. The van der Waals surface area contributed by atoms with Gasteiger partial charge in [0.15, 0.2) is 5.75 Å². The van der Waals surface area contributed by atoms with Crippen LogP contribution in [-0.4, -0.2) is 12.5 Å². The lowest BCUT2D eigenvalue weighted by atomic mass is 10.1. The molecule has 1 amide bonds. The molecule has 0 aromatic heterocycles. The Kier molecular flexibility index (Phi) is 1.83. The molecule has 1 aliphatic heterocycles. The molecule has 1 fully saturated rings. The van der Waals surface area contributed by atoms with E-state index in [2.05, 4.69) is 21.2 Å². The third kappa shape index (κ3) is 1.35.